The molecule has 1 aliphatic rings. The van der Waals surface area contributed by atoms with Crippen molar-refractivity contribution in [3.05, 3.63) is 112 Å². The summed E-state index contributed by atoms with van der Waals surface area (Å²) in [7, 11) is 0. The molecule has 0 unspecified atom stereocenters. The van der Waals surface area contributed by atoms with E-state index in [1.807, 2.05) is 84.9 Å². The van der Waals surface area contributed by atoms with E-state index in [1.165, 1.54) is 5.01 Å². The molecule has 0 N–H and O–H groups in total. The standard InChI is InChI=1S/C23H16BrN3O/c24-20-13-11-18(12-14-20)16-25-27-22(19-9-5-2-6-10-19)26-21(23(27)28)15-17-7-3-1-4-8-17/h1-16H/b21-15+,25-16+. The average molecular weight is 430 g/mol. The first-order chi connectivity index (χ1) is 13.7. The maximum absolute atomic E-state index is 13.0. The first-order valence-corrected chi connectivity index (χ1v) is 9.55. The lowest BCUT2D eigenvalue weighted by Crippen LogP contribution is -2.27. The molecule has 5 heteroatoms. The minimum absolute atomic E-state index is 0.254. The van der Waals surface area contributed by atoms with E-state index in [9.17, 15) is 4.79 Å². The molecule has 3 aromatic carbocycles. The second-order valence-corrected chi connectivity index (χ2v) is 7.07. The van der Waals surface area contributed by atoms with Crippen LogP contribution in [0.5, 0.6) is 0 Å². The first kappa shape index (κ1) is 18.1. The molecule has 136 valence electrons. The van der Waals surface area contributed by atoms with Gasteiger partial charge in [0.05, 0.1) is 6.21 Å². The van der Waals surface area contributed by atoms with Crippen molar-refractivity contribution in [3.63, 3.8) is 0 Å². The molecule has 0 saturated heterocycles. The number of amidine groups is 1. The average Bonchev–Trinajstić information content (AvgIpc) is 3.04. The van der Waals surface area contributed by atoms with Gasteiger partial charge in [0.25, 0.3) is 5.91 Å². The third kappa shape index (κ3) is 4.00. The third-order valence-electron chi connectivity index (χ3n) is 4.17. The molecule has 0 atom stereocenters. The van der Waals surface area contributed by atoms with Crippen molar-refractivity contribution in [1.82, 2.24) is 5.01 Å². The van der Waals surface area contributed by atoms with Gasteiger partial charge in [0.15, 0.2) is 5.84 Å². The van der Waals surface area contributed by atoms with Crippen LogP contribution in [0.4, 0.5) is 0 Å². The number of carbonyl (C=O) groups excluding carboxylic acids is 1. The smallest absolute Gasteiger partial charge is 0.265 e. The molecule has 0 spiro atoms. The molecule has 0 bridgehead atoms. The van der Waals surface area contributed by atoms with Crippen LogP contribution in [0.2, 0.25) is 0 Å². The summed E-state index contributed by atoms with van der Waals surface area (Å²) in [6.07, 6.45) is 3.44. The molecule has 4 rings (SSSR count). The zero-order valence-electron chi connectivity index (χ0n) is 14.9. The number of nitrogens with zero attached hydrogens (tertiary/aromatic N) is 3. The lowest BCUT2D eigenvalue weighted by molar-refractivity contribution is -0.122. The maximum atomic E-state index is 13.0. The largest absolute Gasteiger partial charge is 0.298 e. The molecule has 0 aromatic heterocycles. The van der Waals surface area contributed by atoms with Crippen LogP contribution in [-0.4, -0.2) is 23.0 Å². The van der Waals surface area contributed by atoms with Crippen molar-refractivity contribution >= 4 is 40.0 Å². The quantitative estimate of drug-likeness (QED) is 0.419. The lowest BCUT2D eigenvalue weighted by atomic mass is 10.2. The lowest BCUT2D eigenvalue weighted by Gasteiger charge is -2.11. The number of benzene rings is 3. The fourth-order valence-corrected chi connectivity index (χ4v) is 3.03. The Labute approximate surface area is 171 Å². The van der Waals surface area contributed by atoms with Crippen LogP contribution in [0.3, 0.4) is 0 Å². The molecule has 28 heavy (non-hydrogen) atoms. The van der Waals surface area contributed by atoms with E-state index >= 15 is 0 Å². The number of amides is 1. The first-order valence-electron chi connectivity index (χ1n) is 8.75. The van der Waals surface area contributed by atoms with E-state index in [-0.39, 0.29) is 5.91 Å². The van der Waals surface area contributed by atoms with Crippen molar-refractivity contribution in [2.24, 2.45) is 10.1 Å². The Kier molecular flexibility index (Phi) is 5.26. The summed E-state index contributed by atoms with van der Waals surface area (Å²) in [6.45, 7) is 0. The monoisotopic (exact) mass is 429 g/mol. The summed E-state index contributed by atoms with van der Waals surface area (Å²) in [6, 6.07) is 27.0. The fourth-order valence-electron chi connectivity index (χ4n) is 2.77. The molecular weight excluding hydrogens is 414 g/mol. The Bertz CT molecular complexity index is 1070. The summed E-state index contributed by atoms with van der Waals surface area (Å²) in [5, 5.41) is 5.78. The number of halogens is 1. The molecule has 4 nitrogen and oxygen atoms in total. The highest BCUT2D eigenvalue weighted by molar-refractivity contribution is 9.10. The fraction of sp³-hybridized carbons (Fsp3) is 0. The second kappa shape index (κ2) is 8.15. The normalized spacial score (nSPS) is 15.5. The van der Waals surface area contributed by atoms with Gasteiger partial charge in [-0.25, -0.2) is 4.99 Å². The number of rotatable bonds is 4. The van der Waals surface area contributed by atoms with E-state index in [0.717, 1.165) is 21.2 Å². The topological polar surface area (TPSA) is 45.0 Å². The number of hydrogen-bond donors (Lipinski definition) is 0. The Morgan fingerprint density at radius 3 is 2.14 bits per heavy atom. The molecule has 0 fully saturated rings. The van der Waals surface area contributed by atoms with Gasteiger partial charge in [-0.1, -0.05) is 88.7 Å². The zero-order valence-corrected chi connectivity index (χ0v) is 16.5. The van der Waals surface area contributed by atoms with Crippen LogP contribution in [-0.2, 0) is 4.79 Å². The summed E-state index contributed by atoms with van der Waals surface area (Å²) in [5.74, 6) is 0.261. The molecule has 3 aromatic rings. The van der Waals surface area contributed by atoms with Crippen LogP contribution >= 0.6 is 15.9 Å². The van der Waals surface area contributed by atoms with E-state index in [1.54, 1.807) is 12.3 Å². The van der Waals surface area contributed by atoms with Crippen LogP contribution in [0, 0.1) is 0 Å². The molecule has 0 saturated carbocycles. The third-order valence-corrected chi connectivity index (χ3v) is 4.69. The highest BCUT2D eigenvalue weighted by Gasteiger charge is 2.31. The van der Waals surface area contributed by atoms with Crippen LogP contribution in [0.1, 0.15) is 16.7 Å². The second-order valence-electron chi connectivity index (χ2n) is 6.15. The predicted molar refractivity (Wildman–Crippen MR) is 116 cm³/mol. The summed E-state index contributed by atoms with van der Waals surface area (Å²) in [4.78, 5) is 17.6. The number of carbonyl (C=O) groups is 1. The Balaban J connectivity index is 1.71. The number of hydrazone groups is 1. The molecule has 1 aliphatic heterocycles. The SMILES string of the molecule is O=C1/C(=C\c2ccccc2)N=C(c2ccccc2)N1/N=C/c1ccc(Br)cc1. The minimum atomic E-state index is -0.254. The maximum Gasteiger partial charge on any atom is 0.298 e. The van der Waals surface area contributed by atoms with Gasteiger partial charge in [-0.2, -0.15) is 10.1 Å². The molecule has 0 radical (unpaired) electrons. The summed E-state index contributed by atoms with van der Waals surface area (Å²) >= 11 is 3.42. The minimum Gasteiger partial charge on any atom is -0.265 e. The van der Waals surface area contributed by atoms with E-state index in [2.05, 4.69) is 26.0 Å². The highest BCUT2D eigenvalue weighted by atomic mass is 79.9. The number of hydrogen-bond acceptors (Lipinski definition) is 3. The summed E-state index contributed by atoms with van der Waals surface area (Å²) in [5.41, 5.74) is 3.00. The van der Waals surface area contributed by atoms with Gasteiger partial charge in [-0.15, -0.1) is 0 Å². The van der Waals surface area contributed by atoms with Crippen LogP contribution < -0.4 is 0 Å². The van der Waals surface area contributed by atoms with Gasteiger partial charge in [0.2, 0.25) is 0 Å². The van der Waals surface area contributed by atoms with Crippen molar-refractivity contribution in [3.8, 4) is 0 Å². The Morgan fingerprint density at radius 2 is 1.46 bits per heavy atom. The Morgan fingerprint density at radius 1 is 0.821 bits per heavy atom. The van der Waals surface area contributed by atoms with E-state index in [0.29, 0.717) is 11.5 Å². The van der Waals surface area contributed by atoms with E-state index < -0.39 is 0 Å². The Hall–Kier alpha value is -3.31. The van der Waals surface area contributed by atoms with Crippen molar-refractivity contribution < 1.29 is 4.79 Å². The van der Waals surface area contributed by atoms with Crippen molar-refractivity contribution in [1.29, 1.82) is 0 Å². The molecule has 1 heterocycles. The van der Waals surface area contributed by atoms with Crippen molar-refractivity contribution in [2.45, 2.75) is 0 Å². The van der Waals surface area contributed by atoms with Gasteiger partial charge in [-0.3, -0.25) is 4.79 Å². The summed E-state index contributed by atoms with van der Waals surface area (Å²) < 4.78 is 0.988. The van der Waals surface area contributed by atoms with Gasteiger partial charge < -0.3 is 0 Å². The molecule has 1 amide bonds. The highest BCUT2D eigenvalue weighted by Crippen LogP contribution is 2.22. The predicted octanol–water partition coefficient (Wildman–Crippen LogP) is 5.11. The molecule has 0 aliphatic carbocycles. The van der Waals surface area contributed by atoms with Crippen LogP contribution in [0.25, 0.3) is 6.08 Å². The molecular formula is C23H16BrN3O. The number of aliphatic imine (C=N–C) groups is 1. The zero-order chi connectivity index (χ0) is 19.3. The van der Waals surface area contributed by atoms with Gasteiger partial charge in [0, 0.05) is 10.0 Å². The van der Waals surface area contributed by atoms with Gasteiger partial charge in [-0.05, 0) is 29.3 Å². The van der Waals surface area contributed by atoms with Crippen molar-refractivity contribution in [2.75, 3.05) is 0 Å². The van der Waals surface area contributed by atoms with Crippen LogP contribution in [0.15, 0.2) is 105 Å². The van der Waals surface area contributed by atoms with Gasteiger partial charge >= 0.3 is 0 Å². The van der Waals surface area contributed by atoms with Gasteiger partial charge in [0.1, 0.15) is 5.70 Å². The van der Waals surface area contributed by atoms with E-state index in [4.69, 9.17) is 0 Å².